The van der Waals surface area contributed by atoms with Crippen LogP contribution in [0.25, 0.3) is 10.9 Å². The first-order valence-electron chi connectivity index (χ1n) is 10.8. The first-order chi connectivity index (χ1) is 16.2. The highest BCUT2D eigenvalue weighted by Crippen LogP contribution is 2.34. The van der Waals surface area contributed by atoms with Gasteiger partial charge in [0.05, 0.1) is 23.7 Å². The van der Waals surface area contributed by atoms with Crippen LogP contribution in [0.1, 0.15) is 51.4 Å². The number of aromatic nitrogens is 2. The van der Waals surface area contributed by atoms with Gasteiger partial charge in [-0.15, -0.1) is 0 Å². The summed E-state index contributed by atoms with van der Waals surface area (Å²) >= 11 is 6.89. The minimum absolute atomic E-state index is 0.00797. The number of nitrogens with zero attached hydrogens (tertiary/aromatic N) is 3. The maximum Gasteiger partial charge on any atom is 0.344 e. The number of hydrogen-bond donors (Lipinski definition) is 1. The molecule has 2 atom stereocenters. The number of hydrogen-bond acceptors (Lipinski definition) is 6. The number of fused-ring (bicyclic) bond motifs is 1. The maximum atomic E-state index is 13.3. The van der Waals surface area contributed by atoms with Crippen LogP contribution in [-0.2, 0) is 4.79 Å². The van der Waals surface area contributed by atoms with E-state index in [0.717, 1.165) is 10.9 Å². The predicted octanol–water partition coefficient (Wildman–Crippen LogP) is 5.57. The van der Waals surface area contributed by atoms with Gasteiger partial charge in [0.25, 0.3) is 5.56 Å². The predicted molar refractivity (Wildman–Crippen MR) is 138 cm³/mol. The maximum absolute atomic E-state index is 13.3. The second-order valence-electron chi connectivity index (χ2n) is 7.65. The molecule has 0 unspecified atom stereocenters. The molecule has 2 aromatic carbocycles. The Morgan fingerprint density at radius 1 is 1.21 bits per heavy atom. The van der Waals surface area contributed by atoms with Gasteiger partial charge in [0.2, 0.25) is 0 Å². The summed E-state index contributed by atoms with van der Waals surface area (Å²) in [7, 11) is 0. The SMILES string of the molecule is CCOc1cc(C=Nn2c([C@H](C)CC)nc3ccc(Br)cc3c2=O)c(Br)cc1O[C@@H](C)C(=O)O. The molecule has 0 amide bonds. The molecule has 0 saturated heterocycles. The molecule has 0 aliphatic heterocycles. The van der Waals surface area contributed by atoms with Crippen molar-refractivity contribution in [3.63, 3.8) is 0 Å². The third kappa shape index (κ3) is 5.67. The number of carboxylic acid groups (broad SMARTS) is 1. The Hall–Kier alpha value is -2.72. The van der Waals surface area contributed by atoms with E-state index >= 15 is 0 Å². The summed E-state index contributed by atoms with van der Waals surface area (Å²) in [4.78, 5) is 29.2. The fourth-order valence-corrected chi connectivity index (χ4v) is 3.94. The number of aliphatic carboxylic acids is 1. The fourth-order valence-electron chi connectivity index (χ4n) is 3.15. The van der Waals surface area contributed by atoms with Gasteiger partial charge in [-0.1, -0.05) is 29.8 Å². The number of benzene rings is 2. The van der Waals surface area contributed by atoms with Crippen molar-refractivity contribution in [2.45, 2.75) is 46.1 Å². The molecule has 0 aliphatic rings. The van der Waals surface area contributed by atoms with Crippen LogP contribution in [0.2, 0.25) is 0 Å². The summed E-state index contributed by atoms with van der Waals surface area (Å²) in [6, 6.07) is 8.70. The molecule has 1 aromatic heterocycles. The highest BCUT2D eigenvalue weighted by Gasteiger charge is 2.18. The van der Waals surface area contributed by atoms with Crippen molar-refractivity contribution < 1.29 is 19.4 Å². The van der Waals surface area contributed by atoms with Gasteiger partial charge in [-0.25, -0.2) is 9.78 Å². The molecule has 0 spiro atoms. The smallest absolute Gasteiger partial charge is 0.344 e. The van der Waals surface area contributed by atoms with Gasteiger partial charge < -0.3 is 14.6 Å². The Bertz CT molecular complexity index is 1310. The summed E-state index contributed by atoms with van der Waals surface area (Å²) in [5, 5.41) is 14.1. The quantitative estimate of drug-likeness (QED) is 0.325. The Balaban J connectivity index is 2.11. The van der Waals surface area contributed by atoms with Crippen molar-refractivity contribution in [1.82, 2.24) is 9.66 Å². The molecule has 34 heavy (non-hydrogen) atoms. The summed E-state index contributed by atoms with van der Waals surface area (Å²) in [6.07, 6.45) is 1.27. The number of ether oxygens (including phenoxy) is 2. The van der Waals surface area contributed by atoms with Gasteiger partial charge in [0, 0.05) is 20.4 Å². The Labute approximate surface area is 213 Å². The molecule has 180 valence electrons. The van der Waals surface area contributed by atoms with E-state index in [2.05, 4.69) is 37.0 Å². The molecule has 3 aromatic rings. The number of halogens is 2. The van der Waals surface area contributed by atoms with Crippen LogP contribution in [0.4, 0.5) is 0 Å². The van der Waals surface area contributed by atoms with E-state index in [1.807, 2.05) is 32.9 Å². The number of carboxylic acids is 1. The van der Waals surface area contributed by atoms with Crippen LogP contribution in [-0.4, -0.2) is 39.7 Å². The summed E-state index contributed by atoms with van der Waals surface area (Å²) in [5.74, 6) is 0.144. The normalized spacial score (nSPS) is 13.2. The first kappa shape index (κ1) is 25.9. The van der Waals surface area contributed by atoms with Gasteiger partial charge >= 0.3 is 5.97 Å². The molecule has 0 saturated carbocycles. The summed E-state index contributed by atoms with van der Waals surface area (Å²) in [6.45, 7) is 7.64. The van der Waals surface area contributed by atoms with Gasteiger partial charge in [-0.05, 0) is 66.5 Å². The lowest BCUT2D eigenvalue weighted by Gasteiger charge is -2.16. The second kappa shape index (κ2) is 11.1. The minimum Gasteiger partial charge on any atom is -0.490 e. The van der Waals surface area contributed by atoms with E-state index in [-0.39, 0.29) is 17.2 Å². The molecule has 8 nitrogen and oxygen atoms in total. The molecular formula is C24H25Br2N3O5. The largest absolute Gasteiger partial charge is 0.490 e. The minimum atomic E-state index is -1.09. The molecular weight excluding hydrogens is 570 g/mol. The van der Waals surface area contributed by atoms with Crippen LogP contribution in [0.3, 0.4) is 0 Å². The van der Waals surface area contributed by atoms with Crippen LogP contribution in [0, 0.1) is 0 Å². The van der Waals surface area contributed by atoms with Crippen molar-refractivity contribution >= 4 is 54.9 Å². The topological polar surface area (TPSA) is 103 Å². The summed E-state index contributed by atoms with van der Waals surface area (Å²) in [5.41, 5.74) is 0.966. The van der Waals surface area contributed by atoms with Crippen molar-refractivity contribution in [1.29, 1.82) is 0 Å². The van der Waals surface area contributed by atoms with Gasteiger partial charge in [-0.2, -0.15) is 9.78 Å². The Morgan fingerprint density at radius 2 is 1.94 bits per heavy atom. The van der Waals surface area contributed by atoms with Gasteiger partial charge in [0.15, 0.2) is 17.6 Å². The average Bonchev–Trinajstić information content (AvgIpc) is 2.80. The third-order valence-electron chi connectivity index (χ3n) is 5.21. The standard InChI is InChI=1S/C24H25Br2N3O5/c1-5-13(3)22-28-19-8-7-16(25)10-17(19)23(30)29(22)27-12-15-9-20(33-6-2)21(11-18(15)26)34-14(4)24(31)32/h7-14H,5-6H2,1-4H3,(H,31,32)/t13-,14+/m1/s1. The third-order valence-corrected chi connectivity index (χ3v) is 6.39. The molecule has 0 aliphatic carbocycles. The van der Waals surface area contributed by atoms with E-state index < -0.39 is 12.1 Å². The molecule has 0 radical (unpaired) electrons. The average molecular weight is 595 g/mol. The van der Waals surface area contributed by atoms with Crippen molar-refractivity contribution in [3.8, 4) is 11.5 Å². The van der Waals surface area contributed by atoms with Crippen molar-refractivity contribution in [2.24, 2.45) is 5.10 Å². The van der Waals surface area contributed by atoms with Crippen LogP contribution >= 0.6 is 31.9 Å². The molecule has 10 heteroatoms. The Kier molecular flexibility index (Phi) is 8.48. The van der Waals surface area contributed by atoms with Crippen LogP contribution in [0.15, 0.2) is 49.2 Å². The van der Waals surface area contributed by atoms with E-state index in [1.54, 1.807) is 18.2 Å². The molecule has 0 fully saturated rings. The highest BCUT2D eigenvalue weighted by atomic mass is 79.9. The number of carbonyl (C=O) groups is 1. The lowest BCUT2D eigenvalue weighted by Crippen LogP contribution is -2.24. The lowest BCUT2D eigenvalue weighted by molar-refractivity contribution is -0.144. The monoisotopic (exact) mass is 593 g/mol. The van der Waals surface area contributed by atoms with Gasteiger partial charge in [-0.3, -0.25) is 4.79 Å². The zero-order valence-electron chi connectivity index (χ0n) is 19.2. The number of rotatable bonds is 9. The first-order valence-corrected chi connectivity index (χ1v) is 12.4. The van der Waals surface area contributed by atoms with Crippen LogP contribution < -0.4 is 15.0 Å². The van der Waals surface area contributed by atoms with Crippen molar-refractivity contribution in [2.75, 3.05) is 6.61 Å². The van der Waals surface area contributed by atoms with E-state index in [1.165, 1.54) is 17.8 Å². The zero-order valence-corrected chi connectivity index (χ0v) is 22.4. The van der Waals surface area contributed by atoms with Crippen molar-refractivity contribution in [3.05, 3.63) is 61.0 Å². The molecule has 3 rings (SSSR count). The van der Waals surface area contributed by atoms with Crippen LogP contribution in [0.5, 0.6) is 11.5 Å². The van der Waals surface area contributed by atoms with Gasteiger partial charge in [0.1, 0.15) is 5.82 Å². The molecule has 0 bridgehead atoms. The Morgan fingerprint density at radius 3 is 2.59 bits per heavy atom. The van der Waals surface area contributed by atoms with E-state index in [9.17, 15) is 9.59 Å². The molecule has 1 heterocycles. The fraction of sp³-hybridized carbons (Fsp3) is 0.333. The van der Waals surface area contributed by atoms with E-state index in [4.69, 9.17) is 19.6 Å². The van der Waals surface area contributed by atoms with E-state index in [0.29, 0.717) is 39.1 Å². The summed E-state index contributed by atoms with van der Waals surface area (Å²) < 4.78 is 13.9. The zero-order chi connectivity index (χ0) is 25.0. The molecule has 1 N–H and O–H groups in total. The highest BCUT2D eigenvalue weighted by molar-refractivity contribution is 9.10. The second-order valence-corrected chi connectivity index (χ2v) is 9.42. The lowest BCUT2D eigenvalue weighted by atomic mass is 10.1.